The molecule has 0 unspecified atom stereocenters. The zero-order valence-electron chi connectivity index (χ0n) is 8.75. The number of hydrogen-bond acceptors (Lipinski definition) is 3. The molecule has 0 aliphatic rings. The summed E-state index contributed by atoms with van der Waals surface area (Å²) in [6.07, 6.45) is -4.99. The first kappa shape index (κ1) is 13.5. The molecule has 0 atom stereocenters. The van der Waals surface area contributed by atoms with Crippen LogP contribution in [0.2, 0.25) is 0 Å². The summed E-state index contributed by atoms with van der Waals surface area (Å²) >= 11 is 0. The minimum atomic E-state index is -4.99. The van der Waals surface area contributed by atoms with Crippen LogP contribution in [0.4, 0.5) is 18.9 Å². The summed E-state index contributed by atoms with van der Waals surface area (Å²) in [6.45, 7) is 1.49. The maximum absolute atomic E-state index is 12.0. The molecule has 8 heteroatoms. The predicted molar refractivity (Wildman–Crippen MR) is 55.7 cm³/mol. The Morgan fingerprint density at radius 1 is 1.35 bits per heavy atom. The molecule has 0 saturated heterocycles. The monoisotopic (exact) mass is 247 g/mol. The Balaban J connectivity index is 2.98. The number of rotatable bonds is 2. The molecule has 0 radical (unpaired) electrons. The maximum atomic E-state index is 12.0. The van der Waals surface area contributed by atoms with Gasteiger partial charge in [-0.3, -0.25) is 4.79 Å². The lowest BCUT2D eigenvalue weighted by Crippen LogP contribution is -2.33. The topological polar surface area (TPSA) is 69.6 Å². The van der Waals surface area contributed by atoms with Gasteiger partial charge in [0.2, 0.25) is 0 Å². The highest BCUT2D eigenvalue weighted by atomic mass is 19.4. The van der Waals surface area contributed by atoms with Gasteiger partial charge in [0.05, 0.1) is 0 Å². The van der Waals surface area contributed by atoms with Crippen molar-refractivity contribution in [3.8, 4) is 0 Å². The fraction of sp³-hybridized carbons (Fsp3) is 0.222. The van der Waals surface area contributed by atoms with Crippen LogP contribution < -0.4 is 10.8 Å². The third kappa shape index (κ3) is 3.47. The highest BCUT2D eigenvalue weighted by Crippen LogP contribution is 2.19. The standard InChI is InChI=1S/C9H9BF3NO3/c1-5-2-3-6(10(16)17)4-7(5)14-8(15)9(11,12)13/h2-4,16-17H,1H3,(H,14,15). The van der Waals surface area contributed by atoms with Crippen LogP contribution in [-0.2, 0) is 4.79 Å². The number of nitrogens with one attached hydrogen (secondary N) is 1. The Kier molecular flexibility index (Phi) is 3.79. The molecule has 1 rings (SSSR count). The summed E-state index contributed by atoms with van der Waals surface area (Å²) in [4.78, 5) is 10.7. The third-order valence-corrected chi connectivity index (χ3v) is 2.07. The van der Waals surface area contributed by atoms with Crippen molar-refractivity contribution in [2.45, 2.75) is 13.1 Å². The number of halogens is 3. The minimum absolute atomic E-state index is 0.00641. The van der Waals surface area contributed by atoms with Gasteiger partial charge in [-0.25, -0.2) is 0 Å². The van der Waals surface area contributed by atoms with Crippen LogP contribution in [0.25, 0.3) is 0 Å². The van der Waals surface area contributed by atoms with E-state index < -0.39 is 19.2 Å². The Bertz CT molecular complexity index is 434. The summed E-state index contributed by atoms with van der Waals surface area (Å²) in [7, 11) is -1.81. The predicted octanol–water partition coefficient (Wildman–Crippen LogP) is 0.176. The van der Waals surface area contributed by atoms with Crippen molar-refractivity contribution in [3.63, 3.8) is 0 Å². The number of anilines is 1. The van der Waals surface area contributed by atoms with Crippen LogP contribution >= 0.6 is 0 Å². The molecule has 1 aromatic carbocycles. The van der Waals surface area contributed by atoms with Gasteiger partial charge in [-0.05, 0) is 24.0 Å². The van der Waals surface area contributed by atoms with Crippen LogP contribution in [0.15, 0.2) is 18.2 Å². The van der Waals surface area contributed by atoms with E-state index in [1.165, 1.54) is 19.1 Å². The van der Waals surface area contributed by atoms with Crippen molar-refractivity contribution in [1.29, 1.82) is 0 Å². The first-order valence-corrected chi connectivity index (χ1v) is 4.56. The van der Waals surface area contributed by atoms with E-state index in [1.807, 2.05) is 0 Å². The lowest BCUT2D eigenvalue weighted by molar-refractivity contribution is -0.167. The molecule has 0 heterocycles. The SMILES string of the molecule is Cc1ccc(B(O)O)cc1NC(=O)C(F)(F)F. The molecule has 3 N–H and O–H groups in total. The van der Waals surface area contributed by atoms with Gasteiger partial charge in [-0.15, -0.1) is 0 Å². The van der Waals surface area contributed by atoms with Crippen LogP contribution in [0.5, 0.6) is 0 Å². The van der Waals surface area contributed by atoms with Gasteiger partial charge in [0.15, 0.2) is 0 Å². The van der Waals surface area contributed by atoms with E-state index in [-0.39, 0.29) is 11.2 Å². The Labute approximate surface area is 95.2 Å². The van der Waals surface area contributed by atoms with Gasteiger partial charge in [0.1, 0.15) is 0 Å². The summed E-state index contributed by atoms with van der Waals surface area (Å²) < 4.78 is 36.0. The quantitative estimate of drug-likeness (QED) is 0.652. The number of carbonyl (C=O) groups excluding carboxylic acids is 1. The van der Waals surface area contributed by atoms with E-state index in [1.54, 1.807) is 5.32 Å². The first-order valence-electron chi connectivity index (χ1n) is 4.56. The maximum Gasteiger partial charge on any atom is 0.488 e. The molecule has 0 saturated carbocycles. The Morgan fingerprint density at radius 2 is 1.94 bits per heavy atom. The van der Waals surface area contributed by atoms with Crippen LogP contribution in [0.3, 0.4) is 0 Å². The molecule has 92 valence electrons. The molecule has 4 nitrogen and oxygen atoms in total. The second-order valence-corrected chi connectivity index (χ2v) is 3.40. The molecule has 0 aliphatic carbocycles. The van der Waals surface area contributed by atoms with E-state index in [0.29, 0.717) is 5.56 Å². The van der Waals surface area contributed by atoms with Crippen molar-refractivity contribution in [3.05, 3.63) is 23.8 Å². The van der Waals surface area contributed by atoms with Gasteiger partial charge in [-0.2, -0.15) is 13.2 Å². The van der Waals surface area contributed by atoms with Gasteiger partial charge in [0.25, 0.3) is 0 Å². The van der Waals surface area contributed by atoms with Crippen LogP contribution in [0.1, 0.15) is 5.56 Å². The molecule has 17 heavy (non-hydrogen) atoms. The number of carbonyl (C=O) groups is 1. The minimum Gasteiger partial charge on any atom is -0.423 e. The number of hydrogen-bond donors (Lipinski definition) is 3. The van der Waals surface area contributed by atoms with Crippen molar-refractivity contribution >= 4 is 24.2 Å². The fourth-order valence-corrected chi connectivity index (χ4v) is 1.13. The van der Waals surface area contributed by atoms with Crippen molar-refractivity contribution in [2.24, 2.45) is 0 Å². The van der Waals surface area contributed by atoms with Crippen LogP contribution in [-0.4, -0.2) is 29.2 Å². The molecule has 1 aromatic rings. The van der Waals surface area contributed by atoms with E-state index >= 15 is 0 Å². The summed E-state index contributed by atoms with van der Waals surface area (Å²) in [5, 5.41) is 19.4. The fourth-order valence-electron chi connectivity index (χ4n) is 1.13. The Morgan fingerprint density at radius 3 is 2.41 bits per heavy atom. The molecular formula is C9H9BF3NO3. The second-order valence-electron chi connectivity index (χ2n) is 3.40. The summed E-state index contributed by atoms with van der Waals surface area (Å²) in [5.74, 6) is -2.11. The van der Waals surface area contributed by atoms with Crippen LogP contribution in [0, 0.1) is 6.92 Å². The summed E-state index contributed by atoms with van der Waals surface area (Å²) in [6, 6.07) is 3.79. The number of benzene rings is 1. The van der Waals surface area contributed by atoms with Gasteiger partial charge in [-0.1, -0.05) is 12.1 Å². The van der Waals surface area contributed by atoms with Crippen molar-refractivity contribution in [2.75, 3.05) is 5.32 Å². The number of aryl methyl sites for hydroxylation is 1. The van der Waals surface area contributed by atoms with Gasteiger partial charge in [0, 0.05) is 5.69 Å². The highest BCUT2D eigenvalue weighted by molar-refractivity contribution is 6.58. The molecule has 0 fully saturated rings. The van der Waals surface area contributed by atoms with Crippen molar-refractivity contribution in [1.82, 2.24) is 0 Å². The number of amides is 1. The largest absolute Gasteiger partial charge is 0.488 e. The molecule has 0 aliphatic heterocycles. The van der Waals surface area contributed by atoms with Gasteiger partial charge < -0.3 is 15.4 Å². The molecule has 0 aromatic heterocycles. The van der Waals surface area contributed by atoms with E-state index in [0.717, 1.165) is 6.07 Å². The molecule has 0 bridgehead atoms. The highest BCUT2D eigenvalue weighted by Gasteiger charge is 2.38. The first-order chi connectivity index (χ1) is 7.71. The lowest BCUT2D eigenvalue weighted by atomic mass is 9.79. The molecule has 0 spiro atoms. The smallest absolute Gasteiger partial charge is 0.423 e. The second kappa shape index (κ2) is 4.76. The number of alkyl halides is 3. The molecule has 1 amide bonds. The molecular weight excluding hydrogens is 238 g/mol. The average Bonchev–Trinajstić information content (AvgIpc) is 2.19. The van der Waals surface area contributed by atoms with E-state index in [2.05, 4.69) is 0 Å². The van der Waals surface area contributed by atoms with E-state index in [9.17, 15) is 18.0 Å². The zero-order valence-corrected chi connectivity index (χ0v) is 8.75. The van der Waals surface area contributed by atoms with E-state index in [4.69, 9.17) is 10.0 Å². The Hall–Kier alpha value is -1.54. The third-order valence-electron chi connectivity index (χ3n) is 2.07. The average molecular weight is 247 g/mol. The van der Waals surface area contributed by atoms with Gasteiger partial charge >= 0.3 is 19.2 Å². The summed E-state index contributed by atoms with van der Waals surface area (Å²) in [5.41, 5.74) is 0.262. The normalized spacial score (nSPS) is 11.2. The lowest BCUT2D eigenvalue weighted by Gasteiger charge is -2.11. The van der Waals surface area contributed by atoms with Crippen molar-refractivity contribution < 1.29 is 28.0 Å². The zero-order chi connectivity index (χ0) is 13.2.